The molecule has 0 aromatic carbocycles. The molecule has 0 aliphatic rings. The summed E-state index contributed by atoms with van der Waals surface area (Å²) < 4.78 is 0. The molecule has 1 aromatic rings. The third-order valence-electron chi connectivity index (χ3n) is 1.99. The Bertz CT molecular complexity index is 233. The molecule has 4 N–H and O–H groups in total. The molecule has 0 aliphatic heterocycles. The quantitative estimate of drug-likeness (QED) is 0.646. The molecule has 0 radical (unpaired) electrons. The minimum Gasteiger partial charge on any atom is -0.385 e. The predicted molar refractivity (Wildman–Crippen MR) is 51.0 cm³/mol. The van der Waals surface area contributed by atoms with Crippen molar-refractivity contribution in [1.82, 2.24) is 9.97 Å². The van der Waals surface area contributed by atoms with Gasteiger partial charge in [0.2, 0.25) is 0 Å². The first-order valence-electron chi connectivity index (χ1n) is 4.53. The monoisotopic (exact) mass is 183 g/mol. The highest BCUT2D eigenvalue weighted by Crippen LogP contribution is 2.17. The zero-order valence-corrected chi connectivity index (χ0v) is 8.07. The van der Waals surface area contributed by atoms with Gasteiger partial charge in [0.1, 0.15) is 6.10 Å². The lowest BCUT2D eigenvalue weighted by atomic mass is 9.99. The third-order valence-corrected chi connectivity index (χ3v) is 1.99. The summed E-state index contributed by atoms with van der Waals surface area (Å²) in [6.45, 7) is 4.17. The van der Waals surface area contributed by atoms with Crippen molar-refractivity contribution in [3.8, 4) is 0 Å². The van der Waals surface area contributed by atoms with Crippen molar-refractivity contribution in [3.63, 3.8) is 0 Å². The molecule has 1 aromatic heterocycles. The van der Waals surface area contributed by atoms with Crippen molar-refractivity contribution in [1.29, 1.82) is 0 Å². The second kappa shape index (κ2) is 4.39. The first kappa shape index (κ1) is 10.2. The molecule has 2 unspecified atom stereocenters. The molecule has 4 nitrogen and oxygen atoms in total. The minimum absolute atomic E-state index is 0.222. The Labute approximate surface area is 78.2 Å². The molecule has 0 amide bonds. The average Bonchev–Trinajstić information content (AvgIpc) is 2.53. The molecule has 13 heavy (non-hydrogen) atoms. The van der Waals surface area contributed by atoms with Crippen LogP contribution in [0.2, 0.25) is 0 Å². The molecular formula is C9H17N3O. The number of hydrogen-bond donors (Lipinski definition) is 3. The summed E-state index contributed by atoms with van der Waals surface area (Å²) in [7, 11) is 0. The van der Waals surface area contributed by atoms with Crippen LogP contribution in [0.25, 0.3) is 0 Å². The Morgan fingerprint density at radius 2 is 2.31 bits per heavy atom. The standard InChI is InChI=1S/C9H17N3O/c1-6(2)3-7(10)9(13)8-4-11-5-12-8/h4-7,9,13H,3,10H2,1-2H3,(H,11,12). The highest BCUT2D eigenvalue weighted by atomic mass is 16.3. The first-order chi connectivity index (χ1) is 6.11. The van der Waals surface area contributed by atoms with Gasteiger partial charge in [-0.05, 0) is 12.3 Å². The minimum atomic E-state index is -0.634. The van der Waals surface area contributed by atoms with Gasteiger partial charge in [-0.3, -0.25) is 0 Å². The van der Waals surface area contributed by atoms with Crippen LogP contribution in [0.15, 0.2) is 12.5 Å². The number of imidazole rings is 1. The lowest BCUT2D eigenvalue weighted by Gasteiger charge is -2.19. The maximum absolute atomic E-state index is 9.73. The number of nitrogens with zero attached hydrogens (tertiary/aromatic N) is 1. The number of nitrogens with two attached hydrogens (primary N) is 1. The van der Waals surface area contributed by atoms with E-state index < -0.39 is 6.10 Å². The second-order valence-electron chi connectivity index (χ2n) is 3.75. The van der Waals surface area contributed by atoms with E-state index in [9.17, 15) is 5.11 Å². The number of H-pyrrole nitrogens is 1. The van der Waals surface area contributed by atoms with E-state index in [0.29, 0.717) is 11.6 Å². The van der Waals surface area contributed by atoms with Crippen molar-refractivity contribution >= 4 is 0 Å². The summed E-state index contributed by atoms with van der Waals surface area (Å²) in [4.78, 5) is 6.68. The topological polar surface area (TPSA) is 74.9 Å². The lowest BCUT2D eigenvalue weighted by Crippen LogP contribution is -2.30. The molecule has 0 bridgehead atoms. The van der Waals surface area contributed by atoms with Gasteiger partial charge in [0.05, 0.1) is 18.2 Å². The Morgan fingerprint density at radius 1 is 1.62 bits per heavy atom. The maximum Gasteiger partial charge on any atom is 0.110 e. The lowest BCUT2D eigenvalue weighted by molar-refractivity contribution is 0.132. The number of aromatic amines is 1. The Morgan fingerprint density at radius 3 is 2.77 bits per heavy atom. The highest BCUT2D eigenvalue weighted by molar-refractivity contribution is 5.02. The van der Waals surface area contributed by atoms with Gasteiger partial charge in [-0.1, -0.05) is 13.8 Å². The van der Waals surface area contributed by atoms with Crippen molar-refractivity contribution in [2.75, 3.05) is 0 Å². The molecule has 0 aliphatic carbocycles. The van der Waals surface area contributed by atoms with Gasteiger partial charge in [0.15, 0.2) is 0 Å². The van der Waals surface area contributed by atoms with Crippen LogP contribution in [0.5, 0.6) is 0 Å². The summed E-state index contributed by atoms with van der Waals surface area (Å²) in [5.74, 6) is 0.493. The molecule has 2 atom stereocenters. The summed E-state index contributed by atoms with van der Waals surface area (Å²) in [6.07, 6.45) is 3.32. The molecule has 0 fully saturated rings. The van der Waals surface area contributed by atoms with Gasteiger partial charge < -0.3 is 15.8 Å². The molecular weight excluding hydrogens is 166 g/mol. The smallest absolute Gasteiger partial charge is 0.110 e. The maximum atomic E-state index is 9.73. The zero-order chi connectivity index (χ0) is 9.84. The predicted octanol–water partition coefficient (Wildman–Crippen LogP) is 0.817. The van der Waals surface area contributed by atoms with Crippen LogP contribution in [0, 0.1) is 5.92 Å². The summed E-state index contributed by atoms with van der Waals surface area (Å²) in [6, 6.07) is -0.222. The zero-order valence-electron chi connectivity index (χ0n) is 8.07. The van der Waals surface area contributed by atoms with Crippen molar-refractivity contribution < 1.29 is 5.11 Å². The van der Waals surface area contributed by atoms with E-state index in [4.69, 9.17) is 5.73 Å². The second-order valence-corrected chi connectivity index (χ2v) is 3.75. The normalized spacial score (nSPS) is 16.1. The van der Waals surface area contributed by atoms with E-state index in [1.54, 1.807) is 12.5 Å². The van der Waals surface area contributed by atoms with Crippen molar-refractivity contribution in [2.45, 2.75) is 32.4 Å². The summed E-state index contributed by atoms with van der Waals surface area (Å²) >= 11 is 0. The first-order valence-corrected chi connectivity index (χ1v) is 4.53. The van der Waals surface area contributed by atoms with E-state index in [2.05, 4.69) is 23.8 Å². The van der Waals surface area contributed by atoms with E-state index >= 15 is 0 Å². The number of aromatic nitrogens is 2. The highest BCUT2D eigenvalue weighted by Gasteiger charge is 2.18. The third kappa shape index (κ3) is 2.82. The molecule has 0 spiro atoms. The molecule has 0 saturated carbocycles. The van der Waals surface area contributed by atoms with E-state index in [1.807, 2.05) is 0 Å². The molecule has 0 saturated heterocycles. The number of hydrogen-bond acceptors (Lipinski definition) is 3. The van der Waals surface area contributed by atoms with Crippen LogP contribution >= 0.6 is 0 Å². The fourth-order valence-electron chi connectivity index (χ4n) is 1.33. The molecule has 1 rings (SSSR count). The Kier molecular flexibility index (Phi) is 3.45. The largest absolute Gasteiger partial charge is 0.385 e. The number of aliphatic hydroxyl groups excluding tert-OH is 1. The number of rotatable bonds is 4. The molecule has 4 heteroatoms. The van der Waals surface area contributed by atoms with Crippen LogP contribution in [-0.2, 0) is 0 Å². The fraction of sp³-hybridized carbons (Fsp3) is 0.667. The van der Waals surface area contributed by atoms with Crippen LogP contribution in [0.1, 0.15) is 32.1 Å². The number of nitrogens with one attached hydrogen (secondary N) is 1. The van der Waals surface area contributed by atoms with Gasteiger partial charge in [-0.15, -0.1) is 0 Å². The van der Waals surface area contributed by atoms with Gasteiger partial charge in [0, 0.05) is 6.04 Å². The van der Waals surface area contributed by atoms with Crippen LogP contribution in [-0.4, -0.2) is 21.1 Å². The van der Waals surface area contributed by atoms with E-state index in [1.165, 1.54) is 0 Å². The van der Waals surface area contributed by atoms with Gasteiger partial charge in [-0.25, -0.2) is 4.98 Å². The van der Waals surface area contributed by atoms with E-state index in [0.717, 1.165) is 6.42 Å². The van der Waals surface area contributed by atoms with Gasteiger partial charge in [0.25, 0.3) is 0 Å². The SMILES string of the molecule is CC(C)CC(N)C(O)c1cnc[nH]1. The average molecular weight is 183 g/mol. The van der Waals surface area contributed by atoms with Gasteiger partial charge >= 0.3 is 0 Å². The van der Waals surface area contributed by atoms with Crippen molar-refractivity contribution in [2.24, 2.45) is 11.7 Å². The summed E-state index contributed by atoms with van der Waals surface area (Å²) in [5.41, 5.74) is 6.50. The van der Waals surface area contributed by atoms with Crippen molar-refractivity contribution in [3.05, 3.63) is 18.2 Å². The molecule has 1 heterocycles. The summed E-state index contributed by atoms with van der Waals surface area (Å²) in [5, 5.41) is 9.73. The van der Waals surface area contributed by atoms with E-state index in [-0.39, 0.29) is 6.04 Å². The van der Waals surface area contributed by atoms with Gasteiger partial charge in [-0.2, -0.15) is 0 Å². The fourth-order valence-corrected chi connectivity index (χ4v) is 1.33. The number of aliphatic hydroxyl groups is 1. The van der Waals surface area contributed by atoms with Crippen LogP contribution in [0.4, 0.5) is 0 Å². The Balaban J connectivity index is 2.52. The van der Waals surface area contributed by atoms with Crippen LogP contribution in [0.3, 0.4) is 0 Å². The Hall–Kier alpha value is -0.870. The van der Waals surface area contributed by atoms with Crippen LogP contribution < -0.4 is 5.73 Å². The molecule has 74 valence electrons.